The quantitative estimate of drug-likeness (QED) is 0.0259. The van der Waals surface area contributed by atoms with Crippen molar-refractivity contribution in [3.05, 3.63) is 85.1 Å². The largest absolute Gasteiger partial charge is 0.544 e. The average molecular weight is 950 g/mol. The lowest BCUT2D eigenvalue weighted by Crippen LogP contribution is -2.55. The monoisotopic (exact) mass is 950 g/mol. The van der Waals surface area contributed by atoms with Crippen LogP contribution >= 0.6 is 0 Å². The lowest BCUT2D eigenvalue weighted by molar-refractivity contribution is -0.889. The van der Waals surface area contributed by atoms with Gasteiger partial charge in [0, 0.05) is 19.3 Å². The van der Waals surface area contributed by atoms with Gasteiger partial charge in [-0.2, -0.15) is 0 Å². The van der Waals surface area contributed by atoms with E-state index < -0.39 is 18.1 Å². The molecule has 0 saturated carbocycles. The van der Waals surface area contributed by atoms with Crippen LogP contribution in [-0.2, 0) is 28.6 Å². The number of carboxylic acids is 1. The predicted molar refractivity (Wildman–Crippen MR) is 286 cm³/mol. The van der Waals surface area contributed by atoms with Crippen LogP contribution in [0.3, 0.4) is 0 Å². The Kier molecular flexibility index (Phi) is 47.4. The number of likely N-dealkylation sites (N-methyl/N-ethyl adjacent to an activating group) is 1. The minimum absolute atomic E-state index is 0.0242. The van der Waals surface area contributed by atoms with Crippen molar-refractivity contribution in [1.29, 1.82) is 0 Å². The Labute approximate surface area is 418 Å². The van der Waals surface area contributed by atoms with Crippen molar-refractivity contribution in [1.82, 2.24) is 0 Å². The molecule has 2 unspecified atom stereocenters. The van der Waals surface area contributed by atoms with Gasteiger partial charge in [0.05, 0.1) is 40.3 Å². The summed E-state index contributed by atoms with van der Waals surface area (Å²) in [5, 5.41) is 11.7. The third kappa shape index (κ3) is 47.6. The van der Waals surface area contributed by atoms with E-state index in [4.69, 9.17) is 14.2 Å². The van der Waals surface area contributed by atoms with Crippen LogP contribution in [0, 0.1) is 0 Å². The molecule has 2 atom stereocenters. The van der Waals surface area contributed by atoms with Gasteiger partial charge >= 0.3 is 11.9 Å². The fraction of sp³-hybridized carbons (Fsp3) is 0.717. The summed E-state index contributed by atoms with van der Waals surface area (Å²) in [7, 11) is 5.40. The van der Waals surface area contributed by atoms with E-state index in [0.717, 1.165) is 83.5 Å². The highest BCUT2D eigenvalue weighted by molar-refractivity contribution is 5.70. The van der Waals surface area contributed by atoms with Crippen molar-refractivity contribution in [2.24, 2.45) is 0 Å². The number of carbonyl (C=O) groups excluding carboxylic acids is 3. The molecule has 0 aromatic rings. The minimum Gasteiger partial charge on any atom is -0.544 e. The Hall–Kier alpha value is -3.49. The van der Waals surface area contributed by atoms with Crippen LogP contribution in [0.1, 0.15) is 226 Å². The summed E-state index contributed by atoms with van der Waals surface area (Å²) >= 11 is 0. The van der Waals surface area contributed by atoms with Crippen molar-refractivity contribution in [2.75, 3.05) is 41.0 Å². The molecule has 0 aromatic heterocycles. The van der Waals surface area contributed by atoms with Gasteiger partial charge in [-0.25, -0.2) is 0 Å². The zero-order chi connectivity index (χ0) is 49.9. The standard InChI is InChI=1S/C60H103NO7/c1-6-8-10-12-14-16-18-20-22-24-26-28-30-32-34-36-38-40-42-44-46-48-50-58(62)67-55-56(54-66-53-52-57(60(64)65)61(3,4)5)68-59(63)51-49-47-45-43-41-39-37-35-33-31-29-27-25-23-21-19-17-15-13-11-9-7-2/h8,10,14,16,20,22,26,28,31-34,38,40,56-57H,6-7,9,11-13,15,17-19,21,23-25,27,29-30,35-37,39,41-55H2,1-5H3/b10-8+,16-14+,22-20+,28-26+,33-31+,34-32+,40-38+. The van der Waals surface area contributed by atoms with E-state index in [9.17, 15) is 19.5 Å². The van der Waals surface area contributed by atoms with Gasteiger partial charge < -0.3 is 28.6 Å². The van der Waals surface area contributed by atoms with Gasteiger partial charge in [0.2, 0.25) is 0 Å². The van der Waals surface area contributed by atoms with Gasteiger partial charge in [-0.05, 0) is 89.9 Å². The first kappa shape index (κ1) is 64.5. The van der Waals surface area contributed by atoms with Gasteiger partial charge in [0.1, 0.15) is 12.6 Å². The number of carboxylic acid groups (broad SMARTS) is 1. The Bertz CT molecular complexity index is 1380. The van der Waals surface area contributed by atoms with E-state index in [1.807, 2.05) is 0 Å². The summed E-state index contributed by atoms with van der Waals surface area (Å²) in [6.45, 7) is 4.52. The van der Waals surface area contributed by atoms with Gasteiger partial charge in [0.25, 0.3) is 0 Å². The van der Waals surface area contributed by atoms with Gasteiger partial charge in [-0.1, -0.05) is 202 Å². The fourth-order valence-corrected chi connectivity index (χ4v) is 7.78. The maximum atomic E-state index is 12.8. The first-order valence-corrected chi connectivity index (χ1v) is 27.6. The summed E-state index contributed by atoms with van der Waals surface area (Å²) in [6, 6.07) is -0.737. The Morgan fingerprint density at radius 3 is 1.25 bits per heavy atom. The highest BCUT2D eigenvalue weighted by Gasteiger charge is 2.25. The minimum atomic E-state index is -1.13. The van der Waals surface area contributed by atoms with Crippen molar-refractivity contribution in [2.45, 2.75) is 238 Å². The Morgan fingerprint density at radius 2 is 0.824 bits per heavy atom. The second kappa shape index (κ2) is 49.9. The molecule has 68 heavy (non-hydrogen) atoms. The predicted octanol–water partition coefficient (Wildman–Crippen LogP) is 15.1. The summed E-state index contributed by atoms with van der Waals surface area (Å²) in [5.74, 6) is -1.78. The lowest BCUT2D eigenvalue weighted by atomic mass is 10.0. The molecule has 0 saturated heterocycles. The fourth-order valence-electron chi connectivity index (χ4n) is 7.78. The summed E-state index contributed by atoms with van der Waals surface area (Å²) < 4.78 is 17.2. The normalized spacial score (nSPS) is 13.5. The number of rotatable bonds is 49. The molecule has 0 aliphatic carbocycles. The number of quaternary nitrogens is 1. The number of aliphatic carboxylic acids is 1. The van der Waals surface area contributed by atoms with Crippen LogP contribution in [0.25, 0.3) is 0 Å². The number of carbonyl (C=O) groups is 3. The SMILES string of the molecule is CC/C=C/C/C=C/C/C=C/C/C=C/C/C=C/C/C=C/CCCCCC(=O)OCC(COCCC(C(=O)[O-])[N+](C)(C)C)OC(=O)CCCCCCCCC/C=C/CCCCCCCCCCCCC. The molecule has 0 aliphatic heterocycles. The molecule has 0 spiro atoms. The number of hydrogen-bond donors (Lipinski definition) is 0. The molecule has 8 heteroatoms. The molecule has 390 valence electrons. The van der Waals surface area contributed by atoms with Crippen LogP contribution in [0.5, 0.6) is 0 Å². The van der Waals surface area contributed by atoms with Gasteiger partial charge in [0.15, 0.2) is 6.10 Å². The molecule has 0 aliphatic rings. The average Bonchev–Trinajstić information content (AvgIpc) is 3.30. The van der Waals surface area contributed by atoms with Crippen LogP contribution in [-0.4, -0.2) is 75.5 Å². The number of esters is 2. The van der Waals surface area contributed by atoms with Crippen molar-refractivity contribution < 1.29 is 38.2 Å². The van der Waals surface area contributed by atoms with Crippen molar-refractivity contribution in [3.8, 4) is 0 Å². The van der Waals surface area contributed by atoms with Gasteiger partial charge in [-0.3, -0.25) is 9.59 Å². The third-order valence-corrected chi connectivity index (χ3v) is 12.0. The van der Waals surface area contributed by atoms with Crippen LogP contribution in [0.2, 0.25) is 0 Å². The molecule has 0 aromatic carbocycles. The van der Waals surface area contributed by atoms with Crippen molar-refractivity contribution in [3.63, 3.8) is 0 Å². The number of ether oxygens (including phenoxy) is 3. The molecule has 0 amide bonds. The third-order valence-electron chi connectivity index (χ3n) is 12.0. The van der Waals surface area contributed by atoms with E-state index >= 15 is 0 Å². The molecule has 0 rings (SSSR count). The van der Waals surface area contributed by atoms with Crippen LogP contribution in [0.4, 0.5) is 0 Å². The maximum Gasteiger partial charge on any atom is 0.306 e. The zero-order valence-electron chi connectivity index (χ0n) is 44.5. The first-order valence-electron chi connectivity index (χ1n) is 27.6. The summed E-state index contributed by atoms with van der Waals surface area (Å²) in [4.78, 5) is 37.1. The molecule has 0 bridgehead atoms. The van der Waals surface area contributed by atoms with Crippen molar-refractivity contribution >= 4 is 17.9 Å². The van der Waals surface area contributed by atoms with E-state index in [2.05, 4.69) is 98.9 Å². The van der Waals surface area contributed by atoms with E-state index in [1.165, 1.54) is 109 Å². The molecule has 0 heterocycles. The first-order chi connectivity index (χ1) is 33.1. The number of allylic oxidation sites excluding steroid dienone is 14. The van der Waals surface area contributed by atoms with Crippen LogP contribution < -0.4 is 5.11 Å². The second-order valence-electron chi connectivity index (χ2n) is 19.4. The second-order valence-corrected chi connectivity index (χ2v) is 19.4. The van der Waals surface area contributed by atoms with E-state index in [0.29, 0.717) is 12.8 Å². The highest BCUT2D eigenvalue weighted by Crippen LogP contribution is 2.15. The van der Waals surface area contributed by atoms with E-state index in [1.54, 1.807) is 21.1 Å². The molecular formula is C60H103NO7. The smallest absolute Gasteiger partial charge is 0.306 e. The summed E-state index contributed by atoms with van der Waals surface area (Å²) in [6.07, 6.45) is 66.2. The Morgan fingerprint density at radius 1 is 0.456 bits per heavy atom. The van der Waals surface area contributed by atoms with Crippen LogP contribution in [0.15, 0.2) is 85.1 Å². The Balaban J connectivity index is 4.29. The highest BCUT2D eigenvalue weighted by atomic mass is 16.6. The molecule has 8 nitrogen and oxygen atoms in total. The van der Waals surface area contributed by atoms with Gasteiger partial charge in [-0.15, -0.1) is 0 Å². The lowest BCUT2D eigenvalue weighted by Gasteiger charge is -2.34. The number of nitrogens with zero attached hydrogens (tertiary/aromatic N) is 1. The molecule has 0 radical (unpaired) electrons. The summed E-state index contributed by atoms with van der Waals surface area (Å²) in [5.41, 5.74) is 0. The topological polar surface area (TPSA) is 102 Å². The maximum absolute atomic E-state index is 12.8. The molecule has 0 N–H and O–H groups in total. The zero-order valence-corrected chi connectivity index (χ0v) is 44.5. The van der Waals surface area contributed by atoms with E-state index in [-0.39, 0.29) is 42.7 Å². The molecular weight excluding hydrogens is 847 g/mol. The number of unbranched alkanes of at least 4 members (excludes halogenated alkanes) is 21. The number of hydrogen-bond acceptors (Lipinski definition) is 7. The molecule has 0 fully saturated rings.